The summed E-state index contributed by atoms with van der Waals surface area (Å²) in [5.41, 5.74) is 0.658. The van der Waals surface area contributed by atoms with E-state index < -0.39 is 23.8 Å². The molecule has 33 heavy (non-hydrogen) atoms. The molecule has 2 fully saturated rings. The lowest BCUT2D eigenvalue weighted by Gasteiger charge is -2.34. The van der Waals surface area contributed by atoms with Crippen molar-refractivity contribution in [2.45, 2.75) is 64.8 Å². The van der Waals surface area contributed by atoms with Crippen LogP contribution >= 0.6 is 0 Å². The van der Waals surface area contributed by atoms with E-state index in [-0.39, 0.29) is 23.6 Å². The smallest absolute Gasteiger partial charge is 0.338 e. The third-order valence-corrected chi connectivity index (χ3v) is 6.09. The lowest BCUT2D eigenvalue weighted by Crippen LogP contribution is -2.46. The van der Waals surface area contributed by atoms with Crippen LogP contribution in [0.4, 0.5) is 4.39 Å². The molecule has 1 amide bonds. The van der Waals surface area contributed by atoms with Crippen LogP contribution in [0, 0.1) is 17.7 Å². The molecule has 2 aromatic rings. The maximum absolute atomic E-state index is 13.4. The molecular weight excluding hydrogens is 429 g/mol. The number of ether oxygens (including phenoxy) is 2. The number of esters is 1. The van der Waals surface area contributed by atoms with Crippen LogP contribution in [0.3, 0.4) is 0 Å². The van der Waals surface area contributed by atoms with Gasteiger partial charge in [-0.2, -0.15) is 0 Å². The Morgan fingerprint density at radius 1 is 1.18 bits per heavy atom. The van der Waals surface area contributed by atoms with Gasteiger partial charge in [0, 0.05) is 38.4 Å². The maximum Gasteiger partial charge on any atom is 0.338 e. The molecule has 0 saturated carbocycles. The van der Waals surface area contributed by atoms with Crippen molar-refractivity contribution in [3.8, 4) is 11.5 Å². The fraction of sp³-hybridized carbons (Fsp3) is 0.583. The van der Waals surface area contributed by atoms with Gasteiger partial charge >= 0.3 is 5.97 Å². The number of hydrogen-bond donors (Lipinski definition) is 0. The van der Waals surface area contributed by atoms with Crippen LogP contribution in [0.2, 0.25) is 0 Å². The Labute approximate surface area is 192 Å². The van der Waals surface area contributed by atoms with Crippen LogP contribution in [0.15, 0.2) is 28.7 Å². The van der Waals surface area contributed by atoms with Crippen LogP contribution in [-0.4, -0.2) is 52.0 Å². The summed E-state index contributed by atoms with van der Waals surface area (Å²) in [4.78, 5) is 27.6. The van der Waals surface area contributed by atoms with Gasteiger partial charge in [-0.25, -0.2) is 9.18 Å². The highest BCUT2D eigenvalue weighted by atomic mass is 19.1. The molecule has 2 saturated heterocycles. The Bertz CT molecular complexity index is 996. The minimum atomic E-state index is -1.02. The van der Waals surface area contributed by atoms with Gasteiger partial charge in [0.2, 0.25) is 23.5 Å². The summed E-state index contributed by atoms with van der Waals surface area (Å²) in [6.45, 7) is 8.45. The standard InChI is InChI=1S/C24H30FN3O5/c1-14(2)13-18(19-23(30)33-24(3,4)32-19)22(29)28-11-9-16(10-12-28)21-27-26-20(31-21)15-5-7-17(25)8-6-15/h5-8,14,16,18-19H,9-13H2,1-4H3/t18-,19+/m0/s1. The Hall–Kier alpha value is -2.81. The number of halogens is 1. The van der Waals surface area contributed by atoms with Crippen LogP contribution in [0.25, 0.3) is 11.5 Å². The van der Waals surface area contributed by atoms with E-state index >= 15 is 0 Å². The Morgan fingerprint density at radius 3 is 2.42 bits per heavy atom. The molecule has 1 aromatic carbocycles. The number of carbonyl (C=O) groups excluding carboxylic acids is 2. The quantitative estimate of drug-likeness (QED) is 0.604. The van der Waals surface area contributed by atoms with Gasteiger partial charge in [0.15, 0.2) is 6.10 Å². The predicted molar refractivity (Wildman–Crippen MR) is 116 cm³/mol. The summed E-state index contributed by atoms with van der Waals surface area (Å²) in [6, 6.07) is 5.89. The van der Waals surface area contributed by atoms with Crippen molar-refractivity contribution < 1.29 is 27.9 Å². The lowest BCUT2D eigenvalue weighted by molar-refractivity contribution is -0.163. The molecule has 3 heterocycles. The zero-order valence-electron chi connectivity index (χ0n) is 19.4. The molecule has 0 radical (unpaired) electrons. The molecule has 0 unspecified atom stereocenters. The first kappa shape index (κ1) is 23.4. The van der Waals surface area contributed by atoms with E-state index in [0.717, 1.165) is 0 Å². The molecule has 8 nitrogen and oxygen atoms in total. The largest absolute Gasteiger partial charge is 0.432 e. The average Bonchev–Trinajstić information content (AvgIpc) is 3.36. The third kappa shape index (κ3) is 5.24. The van der Waals surface area contributed by atoms with E-state index in [1.807, 2.05) is 13.8 Å². The van der Waals surface area contributed by atoms with E-state index in [4.69, 9.17) is 13.9 Å². The summed E-state index contributed by atoms with van der Waals surface area (Å²) in [7, 11) is 0. The monoisotopic (exact) mass is 459 g/mol. The topological polar surface area (TPSA) is 94.8 Å². The Morgan fingerprint density at radius 2 is 1.85 bits per heavy atom. The van der Waals surface area contributed by atoms with Crippen molar-refractivity contribution in [3.63, 3.8) is 0 Å². The molecule has 4 rings (SSSR count). The fourth-order valence-electron chi connectivity index (χ4n) is 4.48. The Balaban J connectivity index is 1.40. The number of piperidine rings is 1. The second-order valence-corrected chi connectivity index (χ2v) is 9.65. The molecule has 9 heteroatoms. The molecule has 1 aromatic heterocycles. The van der Waals surface area contributed by atoms with Gasteiger partial charge < -0.3 is 18.8 Å². The number of likely N-dealkylation sites (tertiary alicyclic amines) is 1. The zero-order chi connectivity index (χ0) is 23.8. The number of hydrogen-bond acceptors (Lipinski definition) is 7. The molecule has 0 aliphatic carbocycles. The van der Waals surface area contributed by atoms with E-state index in [1.165, 1.54) is 12.1 Å². The number of aromatic nitrogens is 2. The average molecular weight is 460 g/mol. The summed E-state index contributed by atoms with van der Waals surface area (Å²) < 4.78 is 30.1. The van der Waals surface area contributed by atoms with Gasteiger partial charge in [0.1, 0.15) is 5.82 Å². The minimum absolute atomic E-state index is 0.0333. The summed E-state index contributed by atoms with van der Waals surface area (Å²) in [6.07, 6.45) is 1.00. The highest BCUT2D eigenvalue weighted by molar-refractivity contribution is 5.87. The lowest BCUT2D eigenvalue weighted by atomic mass is 9.89. The number of amides is 1. The van der Waals surface area contributed by atoms with E-state index in [1.54, 1.807) is 30.9 Å². The van der Waals surface area contributed by atoms with Gasteiger partial charge in [-0.1, -0.05) is 13.8 Å². The van der Waals surface area contributed by atoms with Gasteiger partial charge in [0.25, 0.3) is 0 Å². The predicted octanol–water partition coefficient (Wildman–Crippen LogP) is 3.92. The molecule has 2 atom stereocenters. The van der Waals surface area contributed by atoms with Gasteiger partial charge in [-0.15, -0.1) is 10.2 Å². The fourth-order valence-corrected chi connectivity index (χ4v) is 4.48. The summed E-state index contributed by atoms with van der Waals surface area (Å²) >= 11 is 0. The highest BCUT2D eigenvalue weighted by Gasteiger charge is 2.48. The van der Waals surface area contributed by atoms with Gasteiger partial charge in [-0.05, 0) is 49.4 Å². The van der Waals surface area contributed by atoms with E-state index in [2.05, 4.69) is 10.2 Å². The molecule has 0 spiro atoms. The van der Waals surface area contributed by atoms with Crippen LogP contribution in [0.5, 0.6) is 0 Å². The summed E-state index contributed by atoms with van der Waals surface area (Å²) in [5.74, 6) is -1.37. The molecule has 0 bridgehead atoms. The minimum Gasteiger partial charge on any atom is -0.432 e. The maximum atomic E-state index is 13.4. The van der Waals surface area contributed by atoms with Crippen molar-refractivity contribution in [1.29, 1.82) is 0 Å². The number of rotatable bonds is 6. The molecule has 178 valence electrons. The highest BCUT2D eigenvalue weighted by Crippen LogP contribution is 2.34. The molecule has 0 N–H and O–H groups in total. The number of cyclic esters (lactones) is 1. The molecule has 2 aliphatic heterocycles. The van der Waals surface area contributed by atoms with Crippen molar-refractivity contribution in [2.24, 2.45) is 11.8 Å². The SMILES string of the molecule is CC(C)C[C@H](C(=O)N1CCC(c2nnc(-c3ccc(F)cc3)o2)CC1)[C@H]1OC(C)(C)OC1=O. The Kier molecular flexibility index (Phi) is 6.52. The van der Waals surface area contributed by atoms with Crippen molar-refractivity contribution in [3.05, 3.63) is 36.0 Å². The first-order valence-electron chi connectivity index (χ1n) is 11.4. The number of nitrogens with zero attached hydrogens (tertiary/aromatic N) is 3. The van der Waals surface area contributed by atoms with E-state index in [0.29, 0.717) is 49.7 Å². The molecule has 2 aliphatic rings. The van der Waals surface area contributed by atoms with Crippen LogP contribution in [0.1, 0.15) is 58.8 Å². The summed E-state index contributed by atoms with van der Waals surface area (Å²) in [5, 5.41) is 8.27. The number of carbonyl (C=O) groups is 2. The molecular formula is C24H30FN3O5. The second-order valence-electron chi connectivity index (χ2n) is 9.65. The zero-order valence-corrected chi connectivity index (χ0v) is 19.4. The van der Waals surface area contributed by atoms with Gasteiger partial charge in [-0.3, -0.25) is 4.79 Å². The second kappa shape index (κ2) is 9.21. The van der Waals surface area contributed by atoms with Gasteiger partial charge in [0.05, 0.1) is 5.92 Å². The number of benzene rings is 1. The van der Waals surface area contributed by atoms with Crippen LogP contribution in [-0.2, 0) is 19.1 Å². The van der Waals surface area contributed by atoms with E-state index in [9.17, 15) is 14.0 Å². The van der Waals surface area contributed by atoms with Crippen LogP contribution < -0.4 is 0 Å². The van der Waals surface area contributed by atoms with Crippen molar-refractivity contribution in [1.82, 2.24) is 15.1 Å². The third-order valence-electron chi connectivity index (χ3n) is 6.09. The first-order valence-corrected chi connectivity index (χ1v) is 11.4. The first-order chi connectivity index (χ1) is 15.6. The normalized spacial score (nSPS) is 21.9. The van der Waals surface area contributed by atoms with Crippen molar-refractivity contribution in [2.75, 3.05) is 13.1 Å². The van der Waals surface area contributed by atoms with Crippen molar-refractivity contribution >= 4 is 11.9 Å².